The molecule has 0 aromatic rings. The summed E-state index contributed by atoms with van der Waals surface area (Å²) < 4.78 is 11.9. The van der Waals surface area contributed by atoms with Gasteiger partial charge in [0.15, 0.2) is 6.29 Å². The Kier molecular flexibility index (Phi) is 10.4. The van der Waals surface area contributed by atoms with E-state index in [1.807, 2.05) is 6.92 Å². The summed E-state index contributed by atoms with van der Waals surface area (Å²) in [7, 11) is 0. The Morgan fingerprint density at radius 3 is 1.50 bits per heavy atom. The van der Waals surface area contributed by atoms with Crippen LogP contribution in [0.5, 0.6) is 0 Å². The fourth-order valence-electron chi connectivity index (χ4n) is 3.11. The third kappa shape index (κ3) is 7.64. The summed E-state index contributed by atoms with van der Waals surface area (Å²) in [5.41, 5.74) is 0. The van der Waals surface area contributed by atoms with Gasteiger partial charge >= 0.3 is 0 Å². The Hall–Kier alpha value is -0.0800. The van der Waals surface area contributed by atoms with Crippen LogP contribution in [0.25, 0.3) is 0 Å². The molecule has 3 atom stereocenters. The van der Waals surface area contributed by atoms with Crippen LogP contribution >= 0.6 is 0 Å². The Bertz CT molecular complexity index is 217. The largest absolute Gasteiger partial charge is 0.347 e. The number of ether oxygens (including phenoxy) is 2. The molecule has 1 aliphatic rings. The predicted molar refractivity (Wildman–Crippen MR) is 86.0 cm³/mol. The van der Waals surface area contributed by atoms with Gasteiger partial charge in [0, 0.05) is 0 Å². The third-order valence-electron chi connectivity index (χ3n) is 4.33. The number of hydrogen-bond donors (Lipinski definition) is 0. The smallest absolute Gasteiger partial charge is 0.155 e. The van der Waals surface area contributed by atoms with Gasteiger partial charge in [0.25, 0.3) is 0 Å². The molecule has 0 spiro atoms. The Morgan fingerprint density at radius 1 is 0.600 bits per heavy atom. The average molecular weight is 284 g/mol. The van der Waals surface area contributed by atoms with Crippen LogP contribution in [0.15, 0.2) is 0 Å². The molecule has 0 aromatic carbocycles. The first-order valence-corrected chi connectivity index (χ1v) is 9.08. The van der Waals surface area contributed by atoms with E-state index < -0.39 is 0 Å². The van der Waals surface area contributed by atoms with E-state index in [-0.39, 0.29) is 6.29 Å². The van der Waals surface area contributed by atoms with Gasteiger partial charge in [-0.15, -0.1) is 0 Å². The lowest BCUT2D eigenvalue weighted by molar-refractivity contribution is -0.0524. The molecule has 0 radical (unpaired) electrons. The molecule has 0 N–H and O–H groups in total. The van der Waals surface area contributed by atoms with E-state index in [0.717, 1.165) is 0 Å². The van der Waals surface area contributed by atoms with Gasteiger partial charge in [0.2, 0.25) is 0 Å². The molecule has 0 aliphatic carbocycles. The molecule has 1 fully saturated rings. The molecule has 1 unspecified atom stereocenters. The second kappa shape index (κ2) is 11.6. The molecule has 0 amide bonds. The maximum Gasteiger partial charge on any atom is 0.155 e. The van der Waals surface area contributed by atoms with Crippen LogP contribution in [0, 0.1) is 0 Å². The zero-order valence-corrected chi connectivity index (χ0v) is 14.0. The van der Waals surface area contributed by atoms with E-state index in [9.17, 15) is 0 Å². The van der Waals surface area contributed by atoms with Crippen molar-refractivity contribution in [3.05, 3.63) is 0 Å². The topological polar surface area (TPSA) is 18.5 Å². The summed E-state index contributed by atoms with van der Waals surface area (Å²) in [6.45, 7) is 6.58. The van der Waals surface area contributed by atoms with E-state index in [2.05, 4.69) is 13.8 Å². The van der Waals surface area contributed by atoms with Crippen molar-refractivity contribution in [3.63, 3.8) is 0 Å². The molecule has 20 heavy (non-hydrogen) atoms. The van der Waals surface area contributed by atoms with Crippen molar-refractivity contribution >= 4 is 0 Å². The first kappa shape index (κ1) is 18.0. The van der Waals surface area contributed by atoms with E-state index in [0.29, 0.717) is 12.2 Å². The minimum atomic E-state index is 0.0104. The minimum Gasteiger partial charge on any atom is -0.347 e. The van der Waals surface area contributed by atoms with Gasteiger partial charge in [-0.2, -0.15) is 0 Å². The molecule has 1 rings (SSSR count). The molecule has 2 nitrogen and oxygen atoms in total. The summed E-state index contributed by atoms with van der Waals surface area (Å²) in [4.78, 5) is 0. The standard InChI is InChI=1S/C18H36O2/c1-4-6-8-10-11-13-15-18-17(19-16(3)20-18)14-12-9-7-5-2/h16-18H,4-15H2,1-3H3/t16?,17-,18+/m0/s1. The molecule has 1 aliphatic heterocycles. The van der Waals surface area contributed by atoms with E-state index in [4.69, 9.17) is 9.47 Å². The number of rotatable bonds is 12. The van der Waals surface area contributed by atoms with E-state index in [1.165, 1.54) is 77.0 Å². The van der Waals surface area contributed by atoms with Gasteiger partial charge < -0.3 is 9.47 Å². The maximum absolute atomic E-state index is 5.94. The molecule has 1 heterocycles. The second-order valence-electron chi connectivity index (χ2n) is 6.32. The summed E-state index contributed by atoms with van der Waals surface area (Å²) in [6, 6.07) is 0. The monoisotopic (exact) mass is 284 g/mol. The summed E-state index contributed by atoms with van der Waals surface area (Å²) in [6.07, 6.45) is 16.6. The first-order valence-electron chi connectivity index (χ1n) is 9.08. The van der Waals surface area contributed by atoms with Crippen LogP contribution in [0.4, 0.5) is 0 Å². The normalized spacial score (nSPS) is 26.2. The highest BCUT2D eigenvalue weighted by Crippen LogP contribution is 2.27. The maximum atomic E-state index is 5.94. The predicted octanol–water partition coefficient (Wildman–Crippen LogP) is 5.84. The first-order chi connectivity index (χ1) is 9.77. The molecular formula is C18H36O2. The molecular weight excluding hydrogens is 248 g/mol. The minimum absolute atomic E-state index is 0.0104. The van der Waals surface area contributed by atoms with Gasteiger partial charge in [-0.1, -0.05) is 78.1 Å². The van der Waals surface area contributed by atoms with Gasteiger partial charge in [0.1, 0.15) is 0 Å². The molecule has 0 aromatic heterocycles. The van der Waals surface area contributed by atoms with Crippen LogP contribution in [0.1, 0.15) is 97.8 Å². The summed E-state index contributed by atoms with van der Waals surface area (Å²) in [5.74, 6) is 0. The van der Waals surface area contributed by atoms with Crippen LogP contribution in [0.3, 0.4) is 0 Å². The highest BCUT2D eigenvalue weighted by Gasteiger charge is 2.32. The lowest BCUT2D eigenvalue weighted by atomic mass is 10.00. The van der Waals surface area contributed by atoms with Crippen molar-refractivity contribution < 1.29 is 9.47 Å². The Labute approximate surface area is 126 Å². The Morgan fingerprint density at radius 2 is 1.00 bits per heavy atom. The zero-order valence-electron chi connectivity index (χ0n) is 14.0. The number of hydrogen-bond acceptors (Lipinski definition) is 2. The lowest BCUT2D eigenvalue weighted by Crippen LogP contribution is -2.22. The Balaban J connectivity index is 2.10. The zero-order chi connectivity index (χ0) is 14.6. The molecule has 1 saturated heterocycles. The van der Waals surface area contributed by atoms with E-state index >= 15 is 0 Å². The fraction of sp³-hybridized carbons (Fsp3) is 1.00. The van der Waals surface area contributed by atoms with E-state index in [1.54, 1.807) is 0 Å². The van der Waals surface area contributed by atoms with Crippen LogP contribution in [0.2, 0.25) is 0 Å². The quantitative estimate of drug-likeness (QED) is 0.419. The van der Waals surface area contributed by atoms with Crippen molar-refractivity contribution in [2.45, 2.75) is 116 Å². The van der Waals surface area contributed by atoms with Crippen LogP contribution in [-0.2, 0) is 9.47 Å². The molecule has 0 saturated carbocycles. The van der Waals surface area contributed by atoms with Crippen molar-refractivity contribution in [1.82, 2.24) is 0 Å². The molecule has 120 valence electrons. The lowest BCUT2D eigenvalue weighted by Gasteiger charge is -2.16. The van der Waals surface area contributed by atoms with Gasteiger partial charge in [-0.05, 0) is 19.8 Å². The second-order valence-corrected chi connectivity index (χ2v) is 6.32. The van der Waals surface area contributed by atoms with Crippen molar-refractivity contribution in [3.8, 4) is 0 Å². The van der Waals surface area contributed by atoms with Crippen molar-refractivity contribution in [2.24, 2.45) is 0 Å². The summed E-state index contributed by atoms with van der Waals surface area (Å²) >= 11 is 0. The third-order valence-corrected chi connectivity index (χ3v) is 4.33. The van der Waals surface area contributed by atoms with Gasteiger partial charge in [-0.3, -0.25) is 0 Å². The van der Waals surface area contributed by atoms with Crippen molar-refractivity contribution in [1.29, 1.82) is 0 Å². The fourth-order valence-corrected chi connectivity index (χ4v) is 3.11. The number of unbranched alkanes of at least 4 members (excludes halogenated alkanes) is 8. The van der Waals surface area contributed by atoms with Crippen LogP contribution in [-0.4, -0.2) is 18.5 Å². The molecule has 0 bridgehead atoms. The summed E-state index contributed by atoms with van der Waals surface area (Å²) in [5, 5.41) is 0. The molecule has 2 heteroatoms. The highest BCUT2D eigenvalue weighted by molar-refractivity contribution is 4.76. The van der Waals surface area contributed by atoms with Gasteiger partial charge in [-0.25, -0.2) is 0 Å². The van der Waals surface area contributed by atoms with Crippen molar-refractivity contribution in [2.75, 3.05) is 0 Å². The average Bonchev–Trinajstić information content (AvgIpc) is 2.79. The SMILES string of the molecule is CCCCCCCC[C@H]1OC(C)O[C@H]1CCCCCC. The van der Waals surface area contributed by atoms with Gasteiger partial charge in [0.05, 0.1) is 12.2 Å². The highest BCUT2D eigenvalue weighted by atomic mass is 16.7. The van der Waals surface area contributed by atoms with Crippen LogP contribution < -0.4 is 0 Å².